The van der Waals surface area contributed by atoms with Crippen LogP contribution in [0.3, 0.4) is 0 Å². The standard InChI is InChI=1S/C16H24O10/c1-7(22-8(2)17)12(23-9(3)18)13-14(24-10(4)19)15(25-11(5)20)16(21-6)26-13/h7,12-16H,1-6H3/t7-,12+,13+,14-,15-,16+/m0/s1. The minimum atomic E-state index is -1.14. The molecular weight excluding hydrogens is 352 g/mol. The maximum atomic E-state index is 11.5. The number of carbonyl (C=O) groups excluding carboxylic acids is 4. The molecule has 1 rings (SSSR count). The fourth-order valence-corrected chi connectivity index (χ4v) is 2.70. The van der Waals surface area contributed by atoms with Gasteiger partial charge in [-0.2, -0.15) is 0 Å². The highest BCUT2D eigenvalue weighted by molar-refractivity contribution is 5.68. The van der Waals surface area contributed by atoms with E-state index in [1.165, 1.54) is 41.7 Å². The average molecular weight is 376 g/mol. The van der Waals surface area contributed by atoms with Crippen molar-refractivity contribution in [1.29, 1.82) is 0 Å². The highest BCUT2D eigenvalue weighted by Crippen LogP contribution is 2.32. The fraction of sp³-hybridized carbons (Fsp3) is 0.750. The quantitative estimate of drug-likeness (QED) is 0.446. The topological polar surface area (TPSA) is 124 Å². The molecule has 6 atom stereocenters. The van der Waals surface area contributed by atoms with Gasteiger partial charge in [0.2, 0.25) is 0 Å². The zero-order valence-corrected chi connectivity index (χ0v) is 15.5. The molecule has 26 heavy (non-hydrogen) atoms. The van der Waals surface area contributed by atoms with Crippen molar-refractivity contribution in [2.75, 3.05) is 7.11 Å². The van der Waals surface area contributed by atoms with Crippen molar-refractivity contribution >= 4 is 23.9 Å². The van der Waals surface area contributed by atoms with E-state index in [2.05, 4.69) is 0 Å². The third-order valence-electron chi connectivity index (χ3n) is 3.48. The minimum Gasteiger partial charge on any atom is -0.459 e. The zero-order chi connectivity index (χ0) is 20.0. The van der Waals surface area contributed by atoms with Crippen LogP contribution in [0.25, 0.3) is 0 Å². The van der Waals surface area contributed by atoms with E-state index in [1.807, 2.05) is 0 Å². The van der Waals surface area contributed by atoms with Gasteiger partial charge in [0, 0.05) is 34.8 Å². The normalized spacial score (nSPS) is 27.2. The number of methoxy groups -OCH3 is 1. The Morgan fingerprint density at radius 3 is 1.73 bits per heavy atom. The van der Waals surface area contributed by atoms with E-state index in [1.54, 1.807) is 0 Å². The molecule has 1 saturated heterocycles. The molecule has 148 valence electrons. The first kappa shape index (κ1) is 21.8. The van der Waals surface area contributed by atoms with Crippen molar-refractivity contribution in [3.63, 3.8) is 0 Å². The first-order valence-electron chi connectivity index (χ1n) is 7.94. The van der Waals surface area contributed by atoms with Crippen LogP contribution in [-0.2, 0) is 47.6 Å². The van der Waals surface area contributed by atoms with Gasteiger partial charge in [-0.3, -0.25) is 19.2 Å². The third-order valence-corrected chi connectivity index (χ3v) is 3.48. The molecule has 0 spiro atoms. The van der Waals surface area contributed by atoms with Gasteiger partial charge in [0.1, 0.15) is 12.2 Å². The molecule has 0 aromatic heterocycles. The molecule has 1 fully saturated rings. The summed E-state index contributed by atoms with van der Waals surface area (Å²) in [5.74, 6) is -2.57. The summed E-state index contributed by atoms with van der Waals surface area (Å²) in [5, 5.41) is 0. The van der Waals surface area contributed by atoms with Crippen LogP contribution in [0.2, 0.25) is 0 Å². The second-order valence-electron chi connectivity index (χ2n) is 5.74. The van der Waals surface area contributed by atoms with E-state index < -0.39 is 60.7 Å². The van der Waals surface area contributed by atoms with Crippen molar-refractivity contribution < 1.29 is 47.6 Å². The Morgan fingerprint density at radius 2 is 1.31 bits per heavy atom. The minimum absolute atomic E-state index is 0.600. The van der Waals surface area contributed by atoms with Gasteiger partial charge in [-0.25, -0.2) is 0 Å². The Morgan fingerprint density at radius 1 is 0.808 bits per heavy atom. The maximum absolute atomic E-state index is 11.5. The Hall–Kier alpha value is -2.20. The Kier molecular flexibility index (Phi) is 7.97. The lowest BCUT2D eigenvalue weighted by Gasteiger charge is -2.30. The number of hydrogen-bond donors (Lipinski definition) is 0. The molecule has 0 aromatic rings. The van der Waals surface area contributed by atoms with Crippen LogP contribution in [0.1, 0.15) is 34.6 Å². The molecular formula is C16H24O10. The molecule has 0 aromatic carbocycles. The van der Waals surface area contributed by atoms with Gasteiger partial charge in [0.25, 0.3) is 0 Å². The Balaban J connectivity index is 3.21. The molecule has 1 aliphatic rings. The zero-order valence-electron chi connectivity index (χ0n) is 15.5. The summed E-state index contributed by atoms with van der Waals surface area (Å²) in [5.41, 5.74) is 0. The summed E-state index contributed by atoms with van der Waals surface area (Å²) in [6, 6.07) is 0. The summed E-state index contributed by atoms with van der Waals surface area (Å²) >= 11 is 0. The van der Waals surface area contributed by atoms with Gasteiger partial charge in [0.15, 0.2) is 24.6 Å². The van der Waals surface area contributed by atoms with Crippen LogP contribution in [-0.4, -0.2) is 67.8 Å². The molecule has 10 nitrogen and oxygen atoms in total. The summed E-state index contributed by atoms with van der Waals surface area (Å²) in [7, 11) is 1.31. The van der Waals surface area contributed by atoms with Crippen LogP contribution in [0.4, 0.5) is 0 Å². The van der Waals surface area contributed by atoms with Gasteiger partial charge in [0.05, 0.1) is 0 Å². The van der Waals surface area contributed by atoms with E-state index in [9.17, 15) is 19.2 Å². The lowest BCUT2D eigenvalue weighted by molar-refractivity contribution is -0.199. The second kappa shape index (κ2) is 9.48. The van der Waals surface area contributed by atoms with Gasteiger partial charge < -0.3 is 28.4 Å². The highest BCUT2D eigenvalue weighted by Gasteiger charge is 2.55. The number of ether oxygens (including phenoxy) is 6. The lowest BCUT2D eigenvalue weighted by atomic mass is 10.0. The first-order valence-corrected chi connectivity index (χ1v) is 7.94. The third kappa shape index (κ3) is 5.95. The summed E-state index contributed by atoms with van der Waals surface area (Å²) in [4.78, 5) is 45.7. The highest BCUT2D eigenvalue weighted by atomic mass is 16.7. The van der Waals surface area contributed by atoms with E-state index in [0.29, 0.717) is 0 Å². The fourth-order valence-electron chi connectivity index (χ4n) is 2.70. The van der Waals surface area contributed by atoms with E-state index >= 15 is 0 Å². The predicted octanol–water partition coefficient (Wildman–Crippen LogP) is 0.104. The van der Waals surface area contributed by atoms with Crippen LogP contribution < -0.4 is 0 Å². The number of rotatable bonds is 7. The van der Waals surface area contributed by atoms with Crippen molar-refractivity contribution in [2.24, 2.45) is 0 Å². The molecule has 0 unspecified atom stereocenters. The largest absolute Gasteiger partial charge is 0.459 e. The number of esters is 4. The number of hydrogen-bond acceptors (Lipinski definition) is 10. The van der Waals surface area contributed by atoms with Crippen molar-refractivity contribution in [3.8, 4) is 0 Å². The summed E-state index contributed by atoms with van der Waals surface area (Å²) < 4.78 is 31.5. The lowest BCUT2D eigenvalue weighted by Crippen LogP contribution is -2.49. The van der Waals surface area contributed by atoms with Crippen LogP contribution in [0, 0.1) is 0 Å². The predicted molar refractivity (Wildman–Crippen MR) is 83.6 cm³/mol. The second-order valence-corrected chi connectivity index (χ2v) is 5.74. The van der Waals surface area contributed by atoms with Gasteiger partial charge in [-0.15, -0.1) is 0 Å². The molecule has 0 amide bonds. The Labute approximate surface area is 151 Å². The van der Waals surface area contributed by atoms with Gasteiger partial charge in [-0.1, -0.05) is 0 Å². The summed E-state index contributed by atoms with van der Waals surface area (Å²) in [6.07, 6.45) is -6.44. The molecule has 10 heteroatoms. The van der Waals surface area contributed by atoms with Crippen molar-refractivity contribution in [1.82, 2.24) is 0 Å². The Bertz CT molecular complexity index is 545. The van der Waals surface area contributed by atoms with E-state index in [-0.39, 0.29) is 0 Å². The van der Waals surface area contributed by atoms with Crippen LogP contribution in [0.15, 0.2) is 0 Å². The molecule has 0 saturated carbocycles. The summed E-state index contributed by atoms with van der Waals surface area (Å²) in [6.45, 7) is 6.19. The smallest absolute Gasteiger partial charge is 0.303 e. The average Bonchev–Trinajstić information content (AvgIpc) is 2.80. The van der Waals surface area contributed by atoms with Crippen LogP contribution in [0.5, 0.6) is 0 Å². The molecule has 0 aliphatic carbocycles. The van der Waals surface area contributed by atoms with Crippen molar-refractivity contribution in [2.45, 2.75) is 71.4 Å². The molecule has 1 heterocycles. The van der Waals surface area contributed by atoms with Crippen molar-refractivity contribution in [3.05, 3.63) is 0 Å². The van der Waals surface area contributed by atoms with Crippen LogP contribution >= 0.6 is 0 Å². The monoisotopic (exact) mass is 376 g/mol. The van der Waals surface area contributed by atoms with E-state index in [4.69, 9.17) is 28.4 Å². The van der Waals surface area contributed by atoms with Gasteiger partial charge >= 0.3 is 23.9 Å². The number of carbonyl (C=O) groups is 4. The van der Waals surface area contributed by atoms with Gasteiger partial charge in [-0.05, 0) is 6.92 Å². The van der Waals surface area contributed by atoms with E-state index in [0.717, 1.165) is 0 Å². The molecule has 1 aliphatic heterocycles. The molecule has 0 radical (unpaired) electrons. The SMILES string of the molecule is CO[C@@H]1O[C@H]([C@H](OC(C)=O)[C@H](C)OC(C)=O)[C@H](OC(C)=O)[C@@H]1OC(C)=O. The maximum Gasteiger partial charge on any atom is 0.303 e. The first-order chi connectivity index (χ1) is 12.1. The molecule has 0 bridgehead atoms. The molecule has 0 N–H and O–H groups in total.